The topological polar surface area (TPSA) is 168 Å². The van der Waals surface area contributed by atoms with Gasteiger partial charge in [-0.1, -0.05) is 24.3 Å². The molecule has 11 nitrogen and oxygen atoms in total. The normalized spacial score (nSPS) is 11.2. The number of amides is 2. The minimum atomic E-state index is -4.30. The highest BCUT2D eigenvalue weighted by Crippen LogP contribution is 2.27. The predicted octanol–water partition coefficient (Wildman–Crippen LogP) is 4.18. The fraction of sp³-hybridized carbons (Fsp3) is 0.0800. The van der Waals surface area contributed by atoms with E-state index in [2.05, 4.69) is 10.6 Å². The third kappa shape index (κ3) is 6.77. The molecule has 0 spiro atoms. The van der Waals surface area contributed by atoms with Gasteiger partial charge in [0.15, 0.2) is 0 Å². The highest BCUT2D eigenvalue weighted by Gasteiger charge is 2.20. The highest BCUT2D eigenvalue weighted by atomic mass is 32.2. The van der Waals surface area contributed by atoms with Crippen LogP contribution in [0.4, 0.5) is 17.1 Å². The van der Waals surface area contributed by atoms with Crippen molar-refractivity contribution in [3.05, 3.63) is 93.5 Å². The van der Waals surface area contributed by atoms with Crippen LogP contribution in [0.2, 0.25) is 0 Å². The SMILES string of the molecule is CC(=O)Nc1ccc(S(=O)(=O)Oc2ccccc2/C=C(\C#N)C(=O)Nc2cc([N+](=O)[O-])ccc2C)cc1. The molecule has 0 bridgehead atoms. The Balaban J connectivity index is 1.88. The van der Waals surface area contributed by atoms with Gasteiger partial charge in [0.2, 0.25) is 5.91 Å². The Morgan fingerprint density at radius 3 is 2.35 bits per heavy atom. The first-order valence-electron chi connectivity index (χ1n) is 10.6. The first-order valence-corrected chi connectivity index (χ1v) is 12.0. The number of non-ortho nitro benzene ring substituents is 1. The third-order valence-electron chi connectivity index (χ3n) is 4.93. The summed E-state index contributed by atoms with van der Waals surface area (Å²) in [7, 11) is -4.30. The molecule has 0 aromatic heterocycles. The number of carbonyl (C=O) groups is 2. The van der Waals surface area contributed by atoms with Crippen LogP contribution >= 0.6 is 0 Å². The minimum Gasteiger partial charge on any atom is -0.378 e. The highest BCUT2D eigenvalue weighted by molar-refractivity contribution is 7.87. The van der Waals surface area contributed by atoms with E-state index in [-0.39, 0.29) is 39.1 Å². The molecule has 0 radical (unpaired) electrons. The predicted molar refractivity (Wildman–Crippen MR) is 135 cm³/mol. The number of nitrogens with one attached hydrogen (secondary N) is 2. The summed E-state index contributed by atoms with van der Waals surface area (Å²) in [6.45, 7) is 2.95. The average molecular weight is 521 g/mol. The number of nitro benzene ring substituents is 1. The van der Waals surface area contributed by atoms with Crippen molar-refractivity contribution in [3.63, 3.8) is 0 Å². The number of benzene rings is 3. The maximum absolute atomic E-state index is 12.8. The number of aryl methyl sites for hydroxylation is 1. The molecule has 0 fully saturated rings. The van der Waals surface area contributed by atoms with E-state index in [9.17, 15) is 33.4 Å². The number of para-hydroxylation sites is 1. The Labute approximate surface area is 212 Å². The van der Waals surface area contributed by atoms with Gasteiger partial charge in [-0.15, -0.1) is 0 Å². The quantitative estimate of drug-likeness (QED) is 0.147. The summed E-state index contributed by atoms with van der Waals surface area (Å²) in [6.07, 6.45) is 1.15. The molecule has 3 rings (SSSR count). The van der Waals surface area contributed by atoms with Gasteiger partial charge in [-0.25, -0.2) is 0 Å². The second-order valence-electron chi connectivity index (χ2n) is 7.66. The first kappa shape index (κ1) is 26.6. The van der Waals surface area contributed by atoms with Crippen molar-refractivity contribution in [1.82, 2.24) is 0 Å². The summed E-state index contributed by atoms with van der Waals surface area (Å²) in [6, 6.07) is 16.9. The number of hydrogen-bond donors (Lipinski definition) is 2. The van der Waals surface area contributed by atoms with E-state index >= 15 is 0 Å². The van der Waals surface area contributed by atoms with Crippen molar-refractivity contribution in [2.24, 2.45) is 0 Å². The smallest absolute Gasteiger partial charge is 0.339 e. The van der Waals surface area contributed by atoms with Crippen molar-refractivity contribution in [1.29, 1.82) is 5.26 Å². The molecule has 2 amide bonds. The Bertz CT molecular complexity index is 1560. The molecule has 3 aromatic rings. The monoisotopic (exact) mass is 520 g/mol. The molecule has 0 saturated carbocycles. The molecule has 37 heavy (non-hydrogen) atoms. The van der Waals surface area contributed by atoms with Crippen LogP contribution in [0.5, 0.6) is 5.75 Å². The Morgan fingerprint density at radius 1 is 1.05 bits per heavy atom. The zero-order chi connectivity index (χ0) is 27.2. The largest absolute Gasteiger partial charge is 0.378 e. The van der Waals surface area contributed by atoms with Crippen LogP contribution in [-0.2, 0) is 19.7 Å². The van der Waals surface area contributed by atoms with Crippen molar-refractivity contribution >= 4 is 45.1 Å². The van der Waals surface area contributed by atoms with Gasteiger partial charge in [0.1, 0.15) is 22.3 Å². The fourth-order valence-electron chi connectivity index (χ4n) is 3.10. The van der Waals surface area contributed by atoms with E-state index in [1.807, 2.05) is 0 Å². The second-order valence-corrected chi connectivity index (χ2v) is 9.21. The summed E-state index contributed by atoms with van der Waals surface area (Å²) in [4.78, 5) is 34.2. The zero-order valence-corrected chi connectivity index (χ0v) is 20.4. The summed E-state index contributed by atoms with van der Waals surface area (Å²) >= 11 is 0. The molecule has 0 saturated heterocycles. The molecule has 0 aliphatic rings. The number of carbonyl (C=O) groups excluding carboxylic acids is 2. The van der Waals surface area contributed by atoms with E-state index in [0.29, 0.717) is 11.3 Å². The van der Waals surface area contributed by atoms with E-state index < -0.39 is 20.9 Å². The molecule has 0 atom stereocenters. The van der Waals surface area contributed by atoms with Gasteiger partial charge < -0.3 is 14.8 Å². The molecule has 188 valence electrons. The second kappa shape index (κ2) is 11.1. The van der Waals surface area contributed by atoms with Gasteiger partial charge in [-0.3, -0.25) is 19.7 Å². The summed E-state index contributed by atoms with van der Waals surface area (Å²) in [5, 5.41) is 25.6. The maximum Gasteiger partial charge on any atom is 0.339 e. The van der Waals surface area contributed by atoms with E-state index in [1.54, 1.807) is 19.1 Å². The van der Waals surface area contributed by atoms with Crippen molar-refractivity contribution < 1.29 is 27.1 Å². The molecule has 0 aliphatic carbocycles. The Hall–Kier alpha value is -5.02. The molecule has 12 heteroatoms. The van der Waals surface area contributed by atoms with Gasteiger partial charge in [0.05, 0.1) is 10.6 Å². The molecule has 2 N–H and O–H groups in total. The lowest BCUT2D eigenvalue weighted by Gasteiger charge is -2.11. The summed E-state index contributed by atoms with van der Waals surface area (Å²) in [5.41, 5.74) is 0.587. The zero-order valence-electron chi connectivity index (χ0n) is 19.6. The molecule has 0 heterocycles. The van der Waals surface area contributed by atoms with Crippen LogP contribution in [-0.4, -0.2) is 25.2 Å². The van der Waals surface area contributed by atoms with Crippen molar-refractivity contribution in [2.45, 2.75) is 18.7 Å². The lowest BCUT2D eigenvalue weighted by atomic mass is 10.1. The van der Waals surface area contributed by atoms with Gasteiger partial charge in [0, 0.05) is 30.3 Å². The molecular formula is C25H20N4O7S. The van der Waals surface area contributed by atoms with Crippen LogP contribution in [0.25, 0.3) is 6.08 Å². The first-order chi connectivity index (χ1) is 17.5. The number of rotatable bonds is 8. The Kier molecular flexibility index (Phi) is 8.01. The van der Waals surface area contributed by atoms with Gasteiger partial charge in [-0.2, -0.15) is 13.7 Å². The van der Waals surface area contributed by atoms with Gasteiger partial charge in [-0.05, 0) is 48.9 Å². The van der Waals surface area contributed by atoms with E-state index in [0.717, 1.165) is 6.08 Å². The molecular weight excluding hydrogens is 500 g/mol. The Morgan fingerprint density at radius 2 is 1.73 bits per heavy atom. The van der Waals surface area contributed by atoms with E-state index in [1.165, 1.54) is 67.6 Å². The summed E-state index contributed by atoms with van der Waals surface area (Å²) < 4.78 is 30.9. The number of nitro groups is 1. The molecule has 0 aliphatic heterocycles. The third-order valence-corrected chi connectivity index (χ3v) is 6.18. The lowest BCUT2D eigenvalue weighted by Crippen LogP contribution is -2.15. The fourth-order valence-corrected chi connectivity index (χ4v) is 4.06. The number of nitrogens with zero attached hydrogens (tertiary/aromatic N) is 2. The maximum atomic E-state index is 12.8. The van der Waals surface area contributed by atoms with Crippen LogP contribution < -0.4 is 14.8 Å². The molecule has 3 aromatic carbocycles. The van der Waals surface area contributed by atoms with Crippen LogP contribution in [0.3, 0.4) is 0 Å². The number of anilines is 2. The minimum absolute atomic E-state index is 0.128. The van der Waals surface area contributed by atoms with Gasteiger partial charge in [0.25, 0.3) is 11.6 Å². The number of hydrogen-bond acceptors (Lipinski definition) is 8. The van der Waals surface area contributed by atoms with Crippen molar-refractivity contribution in [3.8, 4) is 11.8 Å². The average Bonchev–Trinajstić information content (AvgIpc) is 2.84. The van der Waals surface area contributed by atoms with Gasteiger partial charge >= 0.3 is 10.1 Å². The van der Waals surface area contributed by atoms with Crippen LogP contribution in [0.15, 0.2) is 77.2 Å². The van der Waals surface area contributed by atoms with E-state index in [4.69, 9.17) is 4.18 Å². The van der Waals surface area contributed by atoms with Crippen LogP contribution in [0.1, 0.15) is 18.1 Å². The van der Waals surface area contributed by atoms with Crippen molar-refractivity contribution in [2.75, 3.05) is 10.6 Å². The lowest BCUT2D eigenvalue weighted by molar-refractivity contribution is -0.384. The number of nitriles is 1. The molecule has 0 unspecified atom stereocenters. The standard InChI is InChI=1S/C25H20N4O7S/c1-16-7-10-21(29(32)33)14-23(16)28-25(31)19(15-26)13-18-5-3-4-6-24(18)36-37(34,35)22-11-8-20(9-12-22)27-17(2)30/h3-14H,1-2H3,(H,27,30)(H,28,31)/b19-13+. The van der Waals surface area contributed by atoms with Crippen LogP contribution in [0, 0.1) is 28.4 Å². The summed E-state index contributed by atoms with van der Waals surface area (Å²) in [5.74, 6) is -1.30.